The van der Waals surface area contributed by atoms with Crippen LogP contribution in [-0.4, -0.2) is 43.6 Å². The monoisotopic (exact) mass is 282 g/mol. The highest BCUT2D eigenvalue weighted by Gasteiger charge is 2.25. The van der Waals surface area contributed by atoms with Gasteiger partial charge in [-0.25, -0.2) is 4.98 Å². The van der Waals surface area contributed by atoms with E-state index >= 15 is 0 Å². The lowest BCUT2D eigenvalue weighted by atomic mass is 10.2. The largest absolute Gasteiger partial charge is 0.353 e. The molecule has 1 aromatic rings. The van der Waals surface area contributed by atoms with Gasteiger partial charge >= 0.3 is 0 Å². The molecular weight excluding hydrogens is 264 g/mol. The van der Waals surface area contributed by atoms with Crippen LogP contribution in [0.2, 0.25) is 5.02 Å². The Morgan fingerprint density at radius 2 is 2.47 bits per heavy atom. The Hall–Kier alpha value is -1.33. The van der Waals surface area contributed by atoms with Crippen molar-refractivity contribution in [2.24, 2.45) is 0 Å². The Kier molecular flexibility index (Phi) is 4.99. The molecule has 2 N–H and O–H groups in total. The number of amides is 1. The summed E-state index contributed by atoms with van der Waals surface area (Å²) in [7, 11) is 1.84. The van der Waals surface area contributed by atoms with E-state index in [0.717, 1.165) is 25.3 Å². The minimum absolute atomic E-state index is 0.0910. The van der Waals surface area contributed by atoms with E-state index in [1.807, 2.05) is 19.2 Å². The lowest BCUT2D eigenvalue weighted by molar-refractivity contribution is -0.121. The van der Waals surface area contributed by atoms with Crippen molar-refractivity contribution < 1.29 is 4.79 Å². The number of aromatic nitrogens is 1. The van der Waals surface area contributed by atoms with Gasteiger partial charge in [0.25, 0.3) is 0 Å². The molecule has 2 rings (SSSR count). The van der Waals surface area contributed by atoms with E-state index < -0.39 is 0 Å². The normalized spacial score (nSPS) is 18.6. The second kappa shape index (κ2) is 6.73. The molecule has 0 spiro atoms. The number of nitrogens with one attached hydrogen (secondary N) is 2. The zero-order valence-corrected chi connectivity index (χ0v) is 11.8. The molecule has 1 aliphatic heterocycles. The number of rotatable bonds is 5. The zero-order valence-electron chi connectivity index (χ0n) is 11.0. The third kappa shape index (κ3) is 3.81. The van der Waals surface area contributed by atoms with E-state index in [1.54, 1.807) is 6.20 Å². The van der Waals surface area contributed by atoms with Gasteiger partial charge in [0.1, 0.15) is 5.82 Å². The summed E-state index contributed by atoms with van der Waals surface area (Å²) in [5.74, 6) is 0.893. The molecule has 0 aliphatic carbocycles. The van der Waals surface area contributed by atoms with Crippen LogP contribution < -0.4 is 15.5 Å². The van der Waals surface area contributed by atoms with Crippen molar-refractivity contribution in [1.82, 2.24) is 15.6 Å². The number of anilines is 1. The molecular formula is C13H19ClN4O. The van der Waals surface area contributed by atoms with Crippen molar-refractivity contribution in [3.8, 4) is 0 Å². The van der Waals surface area contributed by atoms with Gasteiger partial charge in [-0.2, -0.15) is 0 Å². The zero-order chi connectivity index (χ0) is 13.7. The van der Waals surface area contributed by atoms with Gasteiger partial charge in [0, 0.05) is 38.3 Å². The number of nitrogens with zero attached hydrogens (tertiary/aromatic N) is 2. The average Bonchev–Trinajstić information content (AvgIpc) is 2.85. The third-order valence-corrected chi connectivity index (χ3v) is 3.49. The quantitative estimate of drug-likeness (QED) is 0.847. The van der Waals surface area contributed by atoms with Crippen molar-refractivity contribution in [1.29, 1.82) is 0 Å². The summed E-state index contributed by atoms with van der Waals surface area (Å²) in [6, 6.07) is 3.84. The molecule has 1 fully saturated rings. The summed E-state index contributed by atoms with van der Waals surface area (Å²) < 4.78 is 0. The molecule has 1 atom stereocenters. The van der Waals surface area contributed by atoms with Crippen molar-refractivity contribution in [2.75, 3.05) is 31.6 Å². The van der Waals surface area contributed by atoms with Crippen LogP contribution >= 0.6 is 11.6 Å². The SMILES string of the molecule is CNCCC(=O)NC1CCN(c2ncccc2Cl)C1. The van der Waals surface area contributed by atoms with Gasteiger partial charge in [-0.05, 0) is 25.6 Å². The highest BCUT2D eigenvalue weighted by Crippen LogP contribution is 2.25. The number of halogens is 1. The average molecular weight is 283 g/mol. The van der Waals surface area contributed by atoms with E-state index in [-0.39, 0.29) is 11.9 Å². The molecule has 0 bridgehead atoms. The van der Waals surface area contributed by atoms with E-state index in [2.05, 4.69) is 20.5 Å². The Balaban J connectivity index is 1.86. The Bertz CT molecular complexity index is 440. The maximum Gasteiger partial charge on any atom is 0.221 e. The number of hydrogen-bond acceptors (Lipinski definition) is 4. The van der Waals surface area contributed by atoms with Gasteiger partial charge in [-0.1, -0.05) is 11.6 Å². The minimum Gasteiger partial charge on any atom is -0.353 e. The molecule has 1 unspecified atom stereocenters. The fraction of sp³-hybridized carbons (Fsp3) is 0.538. The van der Waals surface area contributed by atoms with Gasteiger partial charge in [-0.15, -0.1) is 0 Å². The minimum atomic E-state index is 0.0910. The molecule has 0 radical (unpaired) electrons. The standard InChI is InChI=1S/C13H19ClN4O/c1-15-7-4-12(19)17-10-5-8-18(9-10)13-11(14)3-2-6-16-13/h2-3,6,10,15H,4-5,7-9H2,1H3,(H,17,19). The fourth-order valence-corrected chi connectivity index (χ4v) is 2.46. The maximum absolute atomic E-state index is 11.7. The van der Waals surface area contributed by atoms with Gasteiger partial charge in [0.2, 0.25) is 5.91 Å². The first-order valence-corrected chi connectivity index (χ1v) is 6.88. The van der Waals surface area contributed by atoms with Crippen molar-refractivity contribution in [3.05, 3.63) is 23.4 Å². The molecule has 1 amide bonds. The van der Waals surface area contributed by atoms with Crippen LogP contribution in [0.3, 0.4) is 0 Å². The number of pyridine rings is 1. The van der Waals surface area contributed by atoms with Crippen LogP contribution in [0.15, 0.2) is 18.3 Å². The highest BCUT2D eigenvalue weighted by molar-refractivity contribution is 6.32. The number of carbonyl (C=O) groups excluding carboxylic acids is 1. The summed E-state index contributed by atoms with van der Waals surface area (Å²) in [4.78, 5) is 18.1. The lowest BCUT2D eigenvalue weighted by Gasteiger charge is -2.18. The van der Waals surface area contributed by atoms with Gasteiger partial charge < -0.3 is 15.5 Å². The lowest BCUT2D eigenvalue weighted by Crippen LogP contribution is -2.38. The first kappa shape index (κ1) is 14.1. The molecule has 0 aromatic carbocycles. The van der Waals surface area contributed by atoms with Gasteiger partial charge in [-0.3, -0.25) is 4.79 Å². The van der Waals surface area contributed by atoms with Gasteiger partial charge in [0.05, 0.1) is 5.02 Å². The van der Waals surface area contributed by atoms with Crippen LogP contribution in [0.4, 0.5) is 5.82 Å². The molecule has 19 heavy (non-hydrogen) atoms. The molecule has 6 heteroatoms. The number of carbonyl (C=O) groups is 1. The second-order valence-corrected chi connectivity index (χ2v) is 5.07. The van der Waals surface area contributed by atoms with E-state index in [1.165, 1.54) is 0 Å². The van der Waals surface area contributed by atoms with Crippen LogP contribution in [0.5, 0.6) is 0 Å². The first-order valence-electron chi connectivity index (χ1n) is 6.50. The Morgan fingerprint density at radius 1 is 1.63 bits per heavy atom. The summed E-state index contributed by atoms with van der Waals surface area (Å²) in [5, 5.41) is 6.67. The summed E-state index contributed by atoms with van der Waals surface area (Å²) in [6.07, 6.45) is 3.18. The fourth-order valence-electron chi connectivity index (χ4n) is 2.22. The van der Waals surface area contributed by atoms with E-state index in [4.69, 9.17) is 11.6 Å². The van der Waals surface area contributed by atoms with Crippen LogP contribution in [0.1, 0.15) is 12.8 Å². The smallest absolute Gasteiger partial charge is 0.221 e. The van der Waals surface area contributed by atoms with Gasteiger partial charge in [0.15, 0.2) is 0 Å². The predicted molar refractivity (Wildman–Crippen MR) is 76.6 cm³/mol. The molecule has 1 aromatic heterocycles. The molecule has 5 nitrogen and oxygen atoms in total. The van der Waals surface area contributed by atoms with Crippen LogP contribution in [0.25, 0.3) is 0 Å². The Morgan fingerprint density at radius 3 is 3.21 bits per heavy atom. The van der Waals surface area contributed by atoms with Crippen molar-refractivity contribution >= 4 is 23.3 Å². The number of hydrogen-bond donors (Lipinski definition) is 2. The van der Waals surface area contributed by atoms with E-state index in [9.17, 15) is 4.79 Å². The Labute approximate surface area is 118 Å². The summed E-state index contributed by atoms with van der Waals surface area (Å²) in [6.45, 7) is 2.34. The molecule has 0 saturated carbocycles. The van der Waals surface area contributed by atoms with Crippen LogP contribution in [0, 0.1) is 0 Å². The van der Waals surface area contributed by atoms with E-state index in [0.29, 0.717) is 18.0 Å². The topological polar surface area (TPSA) is 57.3 Å². The maximum atomic E-state index is 11.7. The molecule has 104 valence electrons. The summed E-state index contributed by atoms with van der Waals surface area (Å²) >= 11 is 6.13. The molecule has 1 saturated heterocycles. The predicted octanol–water partition coefficient (Wildman–Crippen LogP) is 1.04. The third-order valence-electron chi connectivity index (χ3n) is 3.19. The van der Waals surface area contributed by atoms with Crippen LogP contribution in [-0.2, 0) is 4.79 Å². The second-order valence-electron chi connectivity index (χ2n) is 4.66. The highest BCUT2D eigenvalue weighted by atomic mass is 35.5. The first-order chi connectivity index (χ1) is 9.20. The molecule has 1 aliphatic rings. The van der Waals surface area contributed by atoms with Crippen molar-refractivity contribution in [3.63, 3.8) is 0 Å². The molecule has 2 heterocycles. The summed E-state index contributed by atoms with van der Waals surface area (Å²) in [5.41, 5.74) is 0. The van der Waals surface area contributed by atoms with Crippen molar-refractivity contribution in [2.45, 2.75) is 18.9 Å².